The Morgan fingerprint density at radius 2 is 1.74 bits per heavy atom. The number of amides is 2. The zero-order chi connectivity index (χ0) is 26.9. The molecule has 38 heavy (non-hydrogen) atoms. The maximum Gasteiger partial charge on any atom is 0.259 e. The highest BCUT2D eigenvalue weighted by atomic mass is 16.2. The normalized spacial score (nSPS) is 17.1. The van der Waals surface area contributed by atoms with E-state index in [1.807, 2.05) is 47.0 Å². The second kappa shape index (κ2) is 8.72. The molecule has 4 heterocycles. The first-order valence-electron chi connectivity index (χ1n) is 13.3. The van der Waals surface area contributed by atoms with Crippen molar-refractivity contribution >= 4 is 39.3 Å². The molecule has 2 aliphatic rings. The fourth-order valence-electron chi connectivity index (χ4n) is 6.09. The molecule has 7 heteroatoms. The maximum atomic E-state index is 14.3. The number of imide groups is 1. The average molecular weight is 509 g/mol. The second-order valence-corrected chi connectivity index (χ2v) is 11.1. The molecule has 0 bridgehead atoms. The van der Waals surface area contributed by atoms with E-state index in [9.17, 15) is 14.4 Å². The van der Waals surface area contributed by atoms with Crippen LogP contribution < -0.4 is 10.9 Å². The topological polar surface area (TPSA) is 76.3 Å². The van der Waals surface area contributed by atoms with Crippen LogP contribution in [0.3, 0.4) is 0 Å². The van der Waals surface area contributed by atoms with E-state index < -0.39 is 5.92 Å². The molecule has 1 unspecified atom stereocenters. The summed E-state index contributed by atoms with van der Waals surface area (Å²) >= 11 is 0. The van der Waals surface area contributed by atoms with Crippen LogP contribution in [-0.2, 0) is 16.1 Å². The molecule has 0 aliphatic carbocycles. The molecule has 0 radical (unpaired) electrons. The Labute approximate surface area is 221 Å². The van der Waals surface area contributed by atoms with E-state index in [4.69, 9.17) is 0 Å². The lowest BCUT2D eigenvalue weighted by molar-refractivity contribution is -0.139. The zero-order valence-electron chi connectivity index (χ0n) is 22.4. The minimum Gasteiger partial charge on any atom is -0.356 e. The Bertz CT molecular complexity index is 1740. The van der Waals surface area contributed by atoms with Crippen LogP contribution in [0.15, 0.2) is 70.8 Å². The summed E-state index contributed by atoms with van der Waals surface area (Å²) in [5.41, 5.74) is 5.32. The van der Waals surface area contributed by atoms with Gasteiger partial charge in [0.05, 0.1) is 23.2 Å². The Balaban J connectivity index is 1.72. The van der Waals surface area contributed by atoms with Crippen LogP contribution in [0.2, 0.25) is 0 Å². The number of aromatic nitrogens is 2. The smallest absolute Gasteiger partial charge is 0.259 e. The van der Waals surface area contributed by atoms with Crippen molar-refractivity contribution in [1.29, 1.82) is 0 Å². The first kappa shape index (κ1) is 24.2. The number of carbonyl (C=O) groups excluding carboxylic acids is 2. The maximum absolute atomic E-state index is 14.3. The number of carbonyl (C=O) groups is 2. The van der Waals surface area contributed by atoms with Crippen molar-refractivity contribution in [3.63, 3.8) is 0 Å². The molecule has 1 N–H and O–H groups in total. The SMILES string of the molecule is CC(=O)N1CC2=C(C1=O)C(c1cc3ccccc3n(CC(C)C)c1=O)c1cn(C(C)C)c3cccc(c13)N2. The van der Waals surface area contributed by atoms with E-state index in [-0.39, 0.29) is 35.9 Å². The van der Waals surface area contributed by atoms with Gasteiger partial charge in [-0.05, 0) is 55.0 Å². The van der Waals surface area contributed by atoms with Gasteiger partial charge in [0.15, 0.2) is 0 Å². The Kier molecular flexibility index (Phi) is 5.56. The van der Waals surface area contributed by atoms with Crippen molar-refractivity contribution in [3.8, 4) is 0 Å². The van der Waals surface area contributed by atoms with Crippen molar-refractivity contribution in [2.24, 2.45) is 5.92 Å². The third-order valence-corrected chi connectivity index (χ3v) is 7.72. The van der Waals surface area contributed by atoms with Crippen LogP contribution in [0.5, 0.6) is 0 Å². The summed E-state index contributed by atoms with van der Waals surface area (Å²) in [6.45, 7) is 10.6. The molecule has 6 rings (SSSR count). The molecule has 7 nitrogen and oxygen atoms in total. The molecule has 0 saturated heterocycles. The van der Waals surface area contributed by atoms with Gasteiger partial charge in [-0.2, -0.15) is 0 Å². The number of hydrogen-bond donors (Lipinski definition) is 1. The molecule has 0 fully saturated rings. The van der Waals surface area contributed by atoms with Gasteiger partial charge in [-0.1, -0.05) is 38.1 Å². The van der Waals surface area contributed by atoms with Crippen LogP contribution in [-0.4, -0.2) is 32.4 Å². The minimum absolute atomic E-state index is 0.104. The highest BCUT2D eigenvalue weighted by molar-refractivity contribution is 6.11. The number of rotatable bonds is 4. The summed E-state index contributed by atoms with van der Waals surface area (Å²) in [4.78, 5) is 41.9. The van der Waals surface area contributed by atoms with Crippen molar-refractivity contribution in [2.75, 3.05) is 11.9 Å². The van der Waals surface area contributed by atoms with E-state index in [0.717, 1.165) is 33.1 Å². The summed E-state index contributed by atoms with van der Waals surface area (Å²) in [5, 5.41) is 5.45. The van der Waals surface area contributed by atoms with Gasteiger partial charge >= 0.3 is 0 Å². The van der Waals surface area contributed by atoms with E-state index in [2.05, 4.69) is 49.8 Å². The van der Waals surface area contributed by atoms with Crippen molar-refractivity contribution in [1.82, 2.24) is 14.0 Å². The molecule has 0 spiro atoms. The van der Waals surface area contributed by atoms with E-state index >= 15 is 0 Å². The predicted octanol–water partition coefficient (Wildman–Crippen LogP) is 5.39. The number of benzene rings is 2. The molecule has 2 aromatic heterocycles. The van der Waals surface area contributed by atoms with E-state index in [0.29, 0.717) is 23.4 Å². The number of hydrogen-bond acceptors (Lipinski definition) is 4. The van der Waals surface area contributed by atoms with Gasteiger partial charge in [-0.25, -0.2) is 0 Å². The minimum atomic E-state index is -0.615. The highest BCUT2D eigenvalue weighted by Crippen LogP contribution is 2.46. The molecule has 2 amide bonds. The van der Waals surface area contributed by atoms with E-state index in [1.165, 1.54) is 11.8 Å². The summed E-state index contributed by atoms with van der Waals surface area (Å²) in [6, 6.07) is 16.1. The molecule has 2 aliphatic heterocycles. The van der Waals surface area contributed by atoms with Gasteiger partial charge in [0.1, 0.15) is 0 Å². The fraction of sp³-hybridized carbons (Fsp3) is 0.323. The largest absolute Gasteiger partial charge is 0.356 e. The van der Waals surface area contributed by atoms with Crippen LogP contribution in [0, 0.1) is 5.92 Å². The van der Waals surface area contributed by atoms with Gasteiger partial charge in [0.25, 0.3) is 11.5 Å². The van der Waals surface area contributed by atoms with Crippen LogP contribution in [0.4, 0.5) is 5.69 Å². The first-order valence-corrected chi connectivity index (χ1v) is 13.3. The number of anilines is 1. The predicted molar refractivity (Wildman–Crippen MR) is 150 cm³/mol. The van der Waals surface area contributed by atoms with Gasteiger partial charge in [-0.15, -0.1) is 0 Å². The number of fused-ring (bicyclic) bond motifs is 1. The lowest BCUT2D eigenvalue weighted by Crippen LogP contribution is -2.34. The number of para-hydroxylation sites is 1. The van der Waals surface area contributed by atoms with Crippen molar-refractivity contribution in [2.45, 2.75) is 53.1 Å². The Morgan fingerprint density at radius 1 is 1.00 bits per heavy atom. The van der Waals surface area contributed by atoms with Crippen molar-refractivity contribution < 1.29 is 9.59 Å². The zero-order valence-corrected chi connectivity index (χ0v) is 22.4. The summed E-state index contributed by atoms with van der Waals surface area (Å²) in [7, 11) is 0. The summed E-state index contributed by atoms with van der Waals surface area (Å²) in [6.07, 6.45) is 2.09. The standard InChI is InChI=1S/C31H32N4O3/c1-17(2)14-35-25-11-7-6-9-20(25)13-21(30(35)37)27-22-15-33(18(3)4)26-12-8-10-23(28(22)26)32-24-16-34(19(5)36)31(38)29(24)27/h6-13,15,17-18,27,32H,14,16H2,1-5H3. The van der Waals surface area contributed by atoms with Crippen LogP contribution in [0.1, 0.15) is 57.7 Å². The highest BCUT2D eigenvalue weighted by Gasteiger charge is 2.42. The second-order valence-electron chi connectivity index (χ2n) is 11.1. The quantitative estimate of drug-likeness (QED) is 0.401. The summed E-state index contributed by atoms with van der Waals surface area (Å²) < 4.78 is 4.04. The number of nitrogens with one attached hydrogen (secondary N) is 1. The molecule has 0 saturated carbocycles. The van der Waals surface area contributed by atoms with Gasteiger partial charge < -0.3 is 14.5 Å². The number of nitrogens with zero attached hydrogens (tertiary/aromatic N) is 3. The van der Waals surface area contributed by atoms with Crippen LogP contribution >= 0.6 is 0 Å². The molecule has 4 aromatic rings. The first-order chi connectivity index (χ1) is 18.2. The lowest BCUT2D eigenvalue weighted by Gasteiger charge is -2.22. The van der Waals surface area contributed by atoms with E-state index in [1.54, 1.807) is 0 Å². The Hall–Kier alpha value is -4.13. The van der Waals surface area contributed by atoms with Gasteiger partial charge in [0.2, 0.25) is 5.91 Å². The number of pyridine rings is 1. The lowest BCUT2D eigenvalue weighted by atomic mass is 9.84. The van der Waals surface area contributed by atoms with Crippen molar-refractivity contribution in [3.05, 3.63) is 87.5 Å². The molecule has 2 aromatic carbocycles. The van der Waals surface area contributed by atoms with Gasteiger partial charge in [0, 0.05) is 54.0 Å². The summed E-state index contributed by atoms with van der Waals surface area (Å²) in [5.74, 6) is -1.01. The molecular formula is C31H32N4O3. The third kappa shape index (κ3) is 3.52. The third-order valence-electron chi connectivity index (χ3n) is 7.72. The monoisotopic (exact) mass is 508 g/mol. The molecular weight excluding hydrogens is 476 g/mol. The Morgan fingerprint density at radius 3 is 2.45 bits per heavy atom. The average Bonchev–Trinajstić information content (AvgIpc) is 3.37. The molecule has 1 atom stereocenters. The molecule has 194 valence electrons. The fourth-order valence-corrected chi connectivity index (χ4v) is 6.09. The van der Waals surface area contributed by atoms with Crippen LogP contribution in [0.25, 0.3) is 21.8 Å². The van der Waals surface area contributed by atoms with Gasteiger partial charge in [-0.3, -0.25) is 19.3 Å².